The van der Waals surface area contributed by atoms with Crippen molar-refractivity contribution >= 4 is 39.9 Å². The fourth-order valence-corrected chi connectivity index (χ4v) is 20.2. The van der Waals surface area contributed by atoms with Crippen LogP contribution in [-0.2, 0) is 9.47 Å². The molecule has 32 heavy (non-hydrogen) atoms. The highest BCUT2D eigenvalue weighted by Crippen LogP contribution is 2.44. The molecule has 0 N–H and O–H groups in total. The minimum absolute atomic E-state index is 0.0403. The molecule has 0 rings (SSSR count). The van der Waals surface area contributed by atoms with Gasteiger partial charge < -0.3 is 9.47 Å². The SMILES string of the molecule is C=C[Si](C=C)(C=C)C(C)(C)[Si](CC)COC(=O)OC[Si](CC)C(C)(C)[Si](C=C)(C=C)C=C. The average molecular weight is 505 g/mol. The van der Waals surface area contributed by atoms with E-state index >= 15 is 0 Å². The summed E-state index contributed by atoms with van der Waals surface area (Å²) in [6.45, 7) is 37.6. The zero-order valence-electron chi connectivity index (χ0n) is 21.3. The summed E-state index contributed by atoms with van der Waals surface area (Å²) in [7, 11) is -6.34. The van der Waals surface area contributed by atoms with Gasteiger partial charge in [-0.25, -0.2) is 4.79 Å². The second-order valence-corrected chi connectivity index (χ2v) is 25.7. The van der Waals surface area contributed by atoms with Crippen LogP contribution in [0.5, 0.6) is 0 Å². The van der Waals surface area contributed by atoms with E-state index in [1.165, 1.54) is 0 Å². The van der Waals surface area contributed by atoms with Crippen molar-refractivity contribution in [2.24, 2.45) is 0 Å². The molecule has 0 bridgehead atoms. The van der Waals surface area contributed by atoms with Crippen LogP contribution >= 0.6 is 0 Å². The third kappa shape index (κ3) is 5.92. The van der Waals surface area contributed by atoms with Crippen LogP contribution in [-0.4, -0.2) is 52.4 Å². The maximum absolute atomic E-state index is 12.5. The Morgan fingerprint density at radius 1 is 0.688 bits per heavy atom. The van der Waals surface area contributed by atoms with Gasteiger partial charge in [0.2, 0.25) is 0 Å². The van der Waals surface area contributed by atoms with Crippen molar-refractivity contribution in [2.45, 2.75) is 63.0 Å². The highest BCUT2D eigenvalue weighted by Gasteiger charge is 2.48. The predicted molar refractivity (Wildman–Crippen MR) is 151 cm³/mol. The van der Waals surface area contributed by atoms with Gasteiger partial charge in [0.15, 0.2) is 0 Å². The molecule has 0 aliphatic heterocycles. The van der Waals surface area contributed by atoms with Crippen LogP contribution in [0.4, 0.5) is 4.79 Å². The van der Waals surface area contributed by atoms with E-state index in [0.29, 0.717) is 12.5 Å². The molecule has 0 aliphatic rings. The molecule has 0 heterocycles. The molecule has 0 saturated heterocycles. The van der Waals surface area contributed by atoms with Crippen molar-refractivity contribution in [1.29, 1.82) is 0 Å². The van der Waals surface area contributed by atoms with Crippen LogP contribution in [0.2, 0.25) is 21.4 Å². The summed E-state index contributed by atoms with van der Waals surface area (Å²) in [5.41, 5.74) is 12.2. The zero-order valence-corrected chi connectivity index (χ0v) is 25.3. The number of carbonyl (C=O) groups is 1. The summed E-state index contributed by atoms with van der Waals surface area (Å²) in [6, 6.07) is 1.94. The Morgan fingerprint density at radius 2 is 0.938 bits per heavy atom. The first kappa shape index (κ1) is 30.6. The third-order valence-corrected chi connectivity index (χ3v) is 26.9. The lowest BCUT2D eigenvalue weighted by molar-refractivity contribution is 0.0783. The van der Waals surface area contributed by atoms with Crippen molar-refractivity contribution < 1.29 is 14.3 Å². The number of hydrogen-bond donors (Lipinski definition) is 0. The summed E-state index contributed by atoms with van der Waals surface area (Å²) in [6.07, 6.45) is 0.230. The van der Waals surface area contributed by atoms with Crippen molar-refractivity contribution in [1.82, 2.24) is 0 Å². The Kier molecular flexibility index (Phi) is 12.2. The monoisotopic (exact) mass is 504 g/mol. The highest BCUT2D eigenvalue weighted by molar-refractivity contribution is 7.04. The Hall–Kier alpha value is -1.42. The van der Waals surface area contributed by atoms with Crippen LogP contribution in [0.25, 0.3) is 0 Å². The molecule has 0 atom stereocenters. The molecule has 0 fully saturated rings. The lowest BCUT2D eigenvalue weighted by Crippen LogP contribution is -2.52. The fourth-order valence-electron chi connectivity index (χ4n) is 4.43. The molecular weight excluding hydrogens is 461 g/mol. The van der Waals surface area contributed by atoms with E-state index in [2.05, 4.69) is 81.0 Å². The second kappa shape index (κ2) is 12.7. The molecule has 0 saturated carbocycles. The summed E-state index contributed by atoms with van der Waals surface area (Å²) in [5, 5.41) is 0. The quantitative estimate of drug-likeness (QED) is 0.166. The van der Waals surface area contributed by atoms with Gasteiger partial charge in [-0.3, -0.25) is 0 Å². The van der Waals surface area contributed by atoms with Gasteiger partial charge in [-0.05, 0) is 9.32 Å². The van der Waals surface area contributed by atoms with Gasteiger partial charge in [-0.15, -0.1) is 39.5 Å². The highest BCUT2D eigenvalue weighted by atomic mass is 28.4. The van der Waals surface area contributed by atoms with Crippen LogP contribution in [0, 0.1) is 0 Å². The molecule has 178 valence electrons. The second-order valence-electron chi connectivity index (χ2n) is 9.08. The molecule has 0 aromatic rings. The van der Waals surface area contributed by atoms with Crippen molar-refractivity contribution in [3.8, 4) is 0 Å². The lowest BCUT2D eigenvalue weighted by Gasteiger charge is -2.43. The Bertz CT molecular complexity index is 610. The molecule has 0 aliphatic carbocycles. The predicted octanol–water partition coefficient (Wildman–Crippen LogP) is 7.14. The Morgan fingerprint density at radius 3 is 1.12 bits per heavy atom. The lowest BCUT2D eigenvalue weighted by atomic mass is 10.5. The summed E-state index contributed by atoms with van der Waals surface area (Å²) in [5.74, 6) is 0. The average Bonchev–Trinajstić information content (AvgIpc) is 2.77. The van der Waals surface area contributed by atoms with E-state index < -0.39 is 39.9 Å². The minimum atomic E-state index is -2.12. The van der Waals surface area contributed by atoms with E-state index in [4.69, 9.17) is 9.47 Å². The summed E-state index contributed by atoms with van der Waals surface area (Å²) in [4.78, 5) is 12.5. The number of hydrogen-bond acceptors (Lipinski definition) is 3. The van der Waals surface area contributed by atoms with Gasteiger partial charge in [-0.2, -0.15) is 0 Å². The standard InChI is InChI=1S/C25H44O3Si4/c1-13-29(24(9,10)31(15-3,16-4)17-5)21-27-23(26)28-22-30(14-2)25(11,12)32(18-6,19-7)20-8/h15-20H,3-8,13-14,21-22H2,1-2,9-12H3. The first-order chi connectivity index (χ1) is 14.9. The van der Waals surface area contributed by atoms with Crippen molar-refractivity contribution in [2.75, 3.05) is 12.5 Å². The third-order valence-electron chi connectivity index (χ3n) is 7.54. The van der Waals surface area contributed by atoms with E-state index in [1.54, 1.807) is 0 Å². The van der Waals surface area contributed by atoms with Gasteiger partial charge >= 0.3 is 6.16 Å². The Balaban J connectivity index is 5.34. The zero-order chi connectivity index (χ0) is 25.2. The molecule has 0 spiro atoms. The molecule has 0 amide bonds. The van der Waals surface area contributed by atoms with Crippen LogP contribution in [0.3, 0.4) is 0 Å². The van der Waals surface area contributed by atoms with E-state index in [-0.39, 0.29) is 9.32 Å². The maximum atomic E-state index is 12.5. The van der Waals surface area contributed by atoms with Gasteiger partial charge in [0, 0.05) is 0 Å². The Labute approximate surface area is 202 Å². The first-order valence-electron chi connectivity index (χ1n) is 11.2. The normalized spacial score (nSPS) is 12.8. The smallest absolute Gasteiger partial charge is 0.438 e. The van der Waals surface area contributed by atoms with Crippen LogP contribution < -0.4 is 0 Å². The van der Waals surface area contributed by atoms with Crippen molar-refractivity contribution in [3.63, 3.8) is 0 Å². The topological polar surface area (TPSA) is 35.5 Å². The van der Waals surface area contributed by atoms with Crippen molar-refractivity contribution in [3.05, 3.63) is 73.7 Å². The van der Waals surface area contributed by atoms with Gasteiger partial charge in [-0.1, -0.05) is 87.8 Å². The van der Waals surface area contributed by atoms with E-state index in [0.717, 1.165) is 12.1 Å². The molecule has 0 aromatic carbocycles. The minimum Gasteiger partial charge on any atom is -0.438 e. The number of rotatable bonds is 16. The van der Waals surface area contributed by atoms with E-state index in [1.807, 2.05) is 34.2 Å². The molecule has 3 nitrogen and oxygen atoms in total. The van der Waals surface area contributed by atoms with Gasteiger partial charge in [0.05, 0.1) is 12.5 Å². The number of carbonyl (C=O) groups excluding carboxylic acids is 1. The van der Waals surface area contributed by atoms with Gasteiger partial charge in [0.1, 0.15) is 33.7 Å². The fraction of sp³-hybridized carbons (Fsp3) is 0.480. The molecular formula is C25H44O3Si4. The van der Waals surface area contributed by atoms with Crippen LogP contribution in [0.15, 0.2) is 73.7 Å². The molecule has 0 unspecified atom stereocenters. The largest absolute Gasteiger partial charge is 0.507 e. The first-order valence-corrected chi connectivity index (χ1v) is 19.5. The number of ether oxygens (including phenoxy) is 2. The van der Waals surface area contributed by atoms with Gasteiger partial charge in [0.25, 0.3) is 0 Å². The summed E-state index contributed by atoms with van der Waals surface area (Å²) >= 11 is 0. The summed E-state index contributed by atoms with van der Waals surface area (Å²) < 4.78 is 11.2. The molecule has 7 heteroatoms. The van der Waals surface area contributed by atoms with Crippen LogP contribution in [0.1, 0.15) is 41.5 Å². The van der Waals surface area contributed by atoms with E-state index in [9.17, 15) is 4.79 Å². The molecule has 0 aromatic heterocycles. The maximum Gasteiger partial charge on any atom is 0.507 e. The molecule has 2 radical (unpaired) electrons.